The minimum atomic E-state index is -2.82. The second kappa shape index (κ2) is 13.1. The Morgan fingerprint density at radius 3 is 1.50 bits per heavy atom. The molecule has 0 amide bonds. The van der Waals surface area contributed by atoms with E-state index in [9.17, 15) is 27.6 Å². The molecule has 0 fully saturated rings. The van der Waals surface area contributed by atoms with E-state index in [1.807, 2.05) is 0 Å². The van der Waals surface area contributed by atoms with Crippen molar-refractivity contribution in [2.24, 2.45) is 0 Å². The first-order chi connectivity index (χ1) is 12.2. The normalized spacial score (nSPS) is 12.0. The molecule has 26 heavy (non-hydrogen) atoms. The summed E-state index contributed by atoms with van der Waals surface area (Å²) in [6, 6.07) is -4.62. The van der Waals surface area contributed by atoms with Gasteiger partial charge in [-0.15, -0.1) is 0 Å². The van der Waals surface area contributed by atoms with Gasteiger partial charge in [-0.05, 0) is 13.0 Å². The molecule has 0 saturated heterocycles. The molecule has 0 aliphatic rings. The predicted molar refractivity (Wildman–Crippen MR) is 87.4 cm³/mol. The molecule has 0 atom stereocenters. The summed E-state index contributed by atoms with van der Waals surface area (Å²) in [6.07, 6.45) is 0.444. The summed E-state index contributed by atoms with van der Waals surface area (Å²) in [4.78, 5) is 34.2. The Labute approximate surface area is 151 Å². The molecule has 0 unspecified atom stereocenters. The lowest BCUT2D eigenvalue weighted by Crippen LogP contribution is -2.44. The lowest BCUT2D eigenvalue weighted by Gasteiger charge is -2.27. The van der Waals surface area contributed by atoms with Crippen LogP contribution in [0.5, 0.6) is 0 Å². The maximum atomic E-state index is 12.8. The van der Waals surface area contributed by atoms with Crippen LogP contribution in [0, 0.1) is 0 Å². The molecule has 0 aliphatic carbocycles. The van der Waals surface area contributed by atoms with Gasteiger partial charge >= 0.3 is 26.9 Å². The largest absolute Gasteiger partial charge is 0.500 e. The fraction of sp³-hybridized carbons (Fsp3) is 0.786. The Balaban J connectivity index is 4.69. The highest BCUT2D eigenvalue weighted by atomic mass is 28.4. The van der Waals surface area contributed by atoms with Gasteiger partial charge in [-0.2, -0.15) is 13.2 Å². The zero-order chi connectivity index (χ0) is 20.2. The number of halogens is 3. The molecule has 0 aliphatic heterocycles. The molecule has 0 aromatic rings. The van der Waals surface area contributed by atoms with Gasteiger partial charge in [-0.25, -0.2) is 0 Å². The van der Waals surface area contributed by atoms with E-state index in [1.54, 1.807) is 0 Å². The fourth-order valence-corrected chi connectivity index (χ4v) is 4.07. The van der Waals surface area contributed by atoms with Crippen molar-refractivity contribution in [2.75, 3.05) is 60.6 Å². The maximum Gasteiger partial charge on any atom is 0.500 e. The molecule has 0 spiro atoms. The summed E-state index contributed by atoms with van der Waals surface area (Å²) < 4.78 is 53.5. The van der Waals surface area contributed by atoms with Crippen molar-refractivity contribution in [3.05, 3.63) is 0 Å². The fourth-order valence-electron chi connectivity index (χ4n) is 2.37. The van der Waals surface area contributed by atoms with E-state index in [0.717, 1.165) is 4.90 Å². The number of carbonyl (C=O) groups is 3. The summed E-state index contributed by atoms with van der Waals surface area (Å²) in [5.41, 5.74) is 0. The molecule has 0 N–H and O–H groups in total. The summed E-state index contributed by atoms with van der Waals surface area (Å²) in [5, 5.41) is 0. The first kappa shape index (κ1) is 24.8. The molecule has 0 rings (SSSR count). The maximum absolute atomic E-state index is 12.8. The lowest BCUT2D eigenvalue weighted by atomic mass is 10.3. The summed E-state index contributed by atoms with van der Waals surface area (Å²) >= 11 is 0. The molecule has 0 heterocycles. The third-order valence-corrected chi connectivity index (χ3v) is 6.50. The van der Waals surface area contributed by atoms with Crippen molar-refractivity contribution >= 4 is 26.9 Å². The highest BCUT2D eigenvalue weighted by Gasteiger charge is 2.37. The lowest BCUT2D eigenvalue weighted by molar-refractivity contribution is -0.135. The van der Waals surface area contributed by atoms with Crippen molar-refractivity contribution in [3.63, 3.8) is 0 Å². The van der Waals surface area contributed by atoms with Gasteiger partial charge in [0.15, 0.2) is 0 Å². The zero-order valence-corrected chi connectivity index (χ0v) is 16.1. The average Bonchev–Trinajstić information content (AvgIpc) is 2.55. The number of carbonyl (C=O) groups excluding carboxylic acids is 3. The third-order valence-electron chi connectivity index (χ3n) is 3.67. The zero-order valence-electron chi connectivity index (χ0n) is 15.1. The summed E-state index contributed by atoms with van der Waals surface area (Å²) in [6.45, 7) is -1.87. The summed E-state index contributed by atoms with van der Waals surface area (Å²) in [7, 11) is 1.52. The van der Waals surface area contributed by atoms with Crippen molar-refractivity contribution in [2.45, 2.75) is 12.5 Å². The second-order valence-corrected chi connectivity index (χ2v) is 8.54. The minimum absolute atomic E-state index is 0.0255. The van der Waals surface area contributed by atoms with Crippen LogP contribution in [0.15, 0.2) is 0 Å². The van der Waals surface area contributed by atoms with E-state index in [-0.39, 0.29) is 19.6 Å². The standard InChI is InChI=1S/C14H25F3N2O6Si/c1-23-26(24-2,25-3)8-4-5-18(9-12(15)20)6-7-19(10-13(16)21)11-14(17)22/h4-11H2,1-3H3. The SMILES string of the molecule is CO[Si](CCCN(CCN(CC(=O)F)CC(=O)F)CC(=O)F)(OC)OC. The van der Waals surface area contributed by atoms with Crippen molar-refractivity contribution in [3.8, 4) is 0 Å². The Hall–Kier alpha value is -1.18. The van der Waals surface area contributed by atoms with Gasteiger partial charge in [0.25, 0.3) is 0 Å². The van der Waals surface area contributed by atoms with E-state index >= 15 is 0 Å². The number of hydrogen-bond acceptors (Lipinski definition) is 8. The monoisotopic (exact) mass is 402 g/mol. The average molecular weight is 402 g/mol. The molecule has 8 nitrogen and oxygen atoms in total. The van der Waals surface area contributed by atoms with Crippen molar-refractivity contribution in [1.82, 2.24) is 9.80 Å². The molecule has 0 saturated carbocycles. The van der Waals surface area contributed by atoms with Gasteiger partial charge in [0.2, 0.25) is 0 Å². The molecular weight excluding hydrogens is 377 g/mol. The molecule has 0 radical (unpaired) electrons. The van der Waals surface area contributed by atoms with Gasteiger partial charge in [-0.1, -0.05) is 0 Å². The highest BCUT2D eigenvalue weighted by molar-refractivity contribution is 6.60. The van der Waals surface area contributed by atoms with Crippen LogP contribution < -0.4 is 0 Å². The third kappa shape index (κ3) is 10.7. The topological polar surface area (TPSA) is 85.4 Å². The quantitative estimate of drug-likeness (QED) is 0.270. The second-order valence-electron chi connectivity index (χ2n) is 5.45. The Bertz CT molecular complexity index is 444. The van der Waals surface area contributed by atoms with E-state index in [4.69, 9.17) is 13.3 Å². The Morgan fingerprint density at radius 2 is 1.12 bits per heavy atom. The number of hydrogen-bond donors (Lipinski definition) is 0. The van der Waals surface area contributed by atoms with Crippen molar-refractivity contribution in [1.29, 1.82) is 0 Å². The van der Waals surface area contributed by atoms with Crippen LogP contribution in [-0.2, 0) is 27.7 Å². The number of nitrogens with zero attached hydrogens (tertiary/aromatic N) is 2. The molecular formula is C14H25F3N2O6Si. The summed E-state index contributed by atoms with van der Waals surface area (Å²) in [5.74, 6) is 0. The van der Waals surface area contributed by atoms with Crippen LogP contribution in [0.2, 0.25) is 6.04 Å². The van der Waals surface area contributed by atoms with E-state index in [2.05, 4.69) is 0 Å². The molecule has 152 valence electrons. The van der Waals surface area contributed by atoms with Crippen LogP contribution in [0.4, 0.5) is 13.2 Å². The van der Waals surface area contributed by atoms with Crippen molar-refractivity contribution < 1.29 is 40.8 Å². The highest BCUT2D eigenvalue weighted by Crippen LogP contribution is 2.15. The van der Waals surface area contributed by atoms with Crippen LogP contribution in [-0.4, -0.2) is 97.3 Å². The molecule has 0 aromatic carbocycles. The Kier molecular flexibility index (Phi) is 12.5. The van der Waals surface area contributed by atoms with E-state index in [1.165, 1.54) is 26.2 Å². The molecule has 12 heteroatoms. The van der Waals surface area contributed by atoms with Crippen LogP contribution in [0.3, 0.4) is 0 Å². The Morgan fingerprint density at radius 1 is 0.731 bits per heavy atom. The van der Waals surface area contributed by atoms with E-state index < -0.39 is 46.5 Å². The van der Waals surface area contributed by atoms with Gasteiger partial charge in [-0.3, -0.25) is 24.2 Å². The molecule has 0 bridgehead atoms. The van der Waals surface area contributed by atoms with Gasteiger partial charge in [0.05, 0.1) is 19.6 Å². The van der Waals surface area contributed by atoms with Gasteiger partial charge in [0, 0.05) is 40.5 Å². The first-order valence-corrected chi connectivity index (χ1v) is 9.76. The first-order valence-electron chi connectivity index (χ1n) is 7.83. The molecule has 0 aromatic heterocycles. The van der Waals surface area contributed by atoms with Crippen LogP contribution in [0.1, 0.15) is 6.42 Å². The van der Waals surface area contributed by atoms with Crippen LogP contribution in [0.25, 0.3) is 0 Å². The van der Waals surface area contributed by atoms with Crippen LogP contribution >= 0.6 is 0 Å². The number of rotatable bonds is 16. The van der Waals surface area contributed by atoms with E-state index in [0.29, 0.717) is 12.5 Å². The minimum Gasteiger partial charge on any atom is -0.377 e. The predicted octanol–water partition coefficient (Wildman–Crippen LogP) is 0.347. The van der Waals surface area contributed by atoms with Gasteiger partial charge < -0.3 is 13.3 Å². The van der Waals surface area contributed by atoms with Gasteiger partial charge in [0.1, 0.15) is 0 Å². The smallest absolute Gasteiger partial charge is 0.377 e.